The van der Waals surface area contributed by atoms with Gasteiger partial charge in [-0.25, -0.2) is 15.0 Å². The van der Waals surface area contributed by atoms with Crippen LogP contribution >= 0.6 is 0 Å². The monoisotopic (exact) mass is 454 g/mol. The zero-order chi connectivity index (χ0) is 23.8. The summed E-state index contributed by atoms with van der Waals surface area (Å²) >= 11 is 0. The highest BCUT2D eigenvalue weighted by atomic mass is 16.5. The first kappa shape index (κ1) is 21.3. The Labute approximate surface area is 194 Å². The first-order chi connectivity index (χ1) is 16.5. The molecule has 9 heteroatoms. The molecule has 3 aromatic heterocycles. The molecule has 0 N–H and O–H groups in total. The number of methoxy groups -OCH3 is 2. The van der Waals surface area contributed by atoms with Crippen LogP contribution in [-0.4, -0.2) is 44.6 Å². The molecule has 0 aliphatic carbocycles. The zero-order valence-corrected chi connectivity index (χ0v) is 19.0. The van der Waals surface area contributed by atoms with E-state index in [1.54, 1.807) is 48.7 Å². The smallest absolute Gasteiger partial charge is 0.265 e. The van der Waals surface area contributed by atoms with Crippen LogP contribution in [0.1, 0.15) is 11.4 Å². The average molecular weight is 454 g/mol. The van der Waals surface area contributed by atoms with Gasteiger partial charge >= 0.3 is 0 Å². The molecule has 0 spiro atoms. The van der Waals surface area contributed by atoms with Crippen LogP contribution < -0.4 is 15.0 Å². The summed E-state index contributed by atoms with van der Waals surface area (Å²) in [5, 5.41) is 5.02. The van der Waals surface area contributed by atoms with Crippen LogP contribution in [0.25, 0.3) is 33.2 Å². The van der Waals surface area contributed by atoms with Gasteiger partial charge in [-0.1, -0.05) is 18.2 Å². The molecular weight excluding hydrogens is 432 g/mol. The Bertz CT molecular complexity index is 1670. The molecule has 0 unspecified atom stereocenters. The summed E-state index contributed by atoms with van der Waals surface area (Å²) in [5.41, 5.74) is 3.25. The normalized spacial score (nSPS) is 11.6. The van der Waals surface area contributed by atoms with E-state index in [-0.39, 0.29) is 5.56 Å². The molecule has 5 rings (SSSR count). The lowest BCUT2D eigenvalue weighted by Crippen LogP contribution is -2.23. The fourth-order valence-electron chi connectivity index (χ4n) is 3.92. The van der Waals surface area contributed by atoms with Crippen LogP contribution in [0.3, 0.4) is 0 Å². The number of allylic oxidation sites excluding steroid dienone is 1. The largest absolute Gasteiger partial charge is 0.493 e. The van der Waals surface area contributed by atoms with Crippen molar-refractivity contribution in [1.29, 1.82) is 0 Å². The maximum atomic E-state index is 13.4. The first-order valence-electron chi connectivity index (χ1n) is 10.6. The predicted molar refractivity (Wildman–Crippen MR) is 132 cm³/mol. The highest BCUT2D eigenvalue weighted by molar-refractivity contribution is 6.05. The molecule has 0 fully saturated rings. The van der Waals surface area contributed by atoms with Crippen molar-refractivity contribution in [2.45, 2.75) is 13.5 Å². The van der Waals surface area contributed by atoms with Gasteiger partial charge in [0.15, 0.2) is 22.8 Å². The Hall–Kier alpha value is -4.53. The van der Waals surface area contributed by atoms with E-state index in [0.29, 0.717) is 57.1 Å². The lowest BCUT2D eigenvalue weighted by Gasteiger charge is -2.08. The minimum absolute atomic E-state index is 0.211. The number of para-hydroxylation sites is 2. The minimum atomic E-state index is -0.211. The Balaban J connectivity index is 1.80. The van der Waals surface area contributed by atoms with E-state index < -0.39 is 0 Å². The lowest BCUT2D eigenvalue weighted by atomic mass is 10.2. The van der Waals surface area contributed by atoms with Crippen molar-refractivity contribution in [3.8, 4) is 11.5 Å². The molecule has 0 aliphatic rings. The standard InChI is InChI=1S/C25H22N6O3/c1-5-12-30-15(2)27-23-21(25(30)32)22-24(29-18-9-7-6-8-17(18)28-22)31(23)26-14-16-10-11-19(33-3)20(13-16)34-4/h5-11,13-14H,1,12H2,2-4H3. The molecule has 0 amide bonds. The second-order valence-electron chi connectivity index (χ2n) is 7.62. The first-order valence-corrected chi connectivity index (χ1v) is 10.6. The summed E-state index contributed by atoms with van der Waals surface area (Å²) in [4.78, 5) is 27.7. The summed E-state index contributed by atoms with van der Waals surface area (Å²) in [6.45, 7) is 5.88. The van der Waals surface area contributed by atoms with E-state index in [1.165, 1.54) is 0 Å². The Morgan fingerprint density at radius 1 is 1.00 bits per heavy atom. The number of benzene rings is 2. The van der Waals surface area contributed by atoms with Gasteiger partial charge in [-0.3, -0.25) is 9.36 Å². The maximum Gasteiger partial charge on any atom is 0.265 e. The van der Waals surface area contributed by atoms with Crippen molar-refractivity contribution in [2.24, 2.45) is 5.10 Å². The third-order valence-electron chi connectivity index (χ3n) is 5.57. The fraction of sp³-hybridized carbons (Fsp3) is 0.160. The Morgan fingerprint density at radius 3 is 2.44 bits per heavy atom. The van der Waals surface area contributed by atoms with Crippen LogP contribution in [0.4, 0.5) is 0 Å². The van der Waals surface area contributed by atoms with Crippen LogP contribution in [-0.2, 0) is 6.54 Å². The molecule has 0 saturated heterocycles. The van der Waals surface area contributed by atoms with Crippen LogP contribution in [0.5, 0.6) is 11.5 Å². The number of ether oxygens (including phenoxy) is 2. The molecule has 0 radical (unpaired) electrons. The fourth-order valence-corrected chi connectivity index (χ4v) is 3.92. The van der Waals surface area contributed by atoms with E-state index in [0.717, 1.165) is 5.56 Å². The number of rotatable bonds is 6. The molecule has 3 heterocycles. The quantitative estimate of drug-likeness (QED) is 0.287. The van der Waals surface area contributed by atoms with Crippen molar-refractivity contribution in [2.75, 3.05) is 14.2 Å². The third-order valence-corrected chi connectivity index (χ3v) is 5.57. The predicted octanol–water partition coefficient (Wildman–Crippen LogP) is 3.69. The van der Waals surface area contributed by atoms with E-state index in [9.17, 15) is 4.79 Å². The van der Waals surface area contributed by atoms with Crippen molar-refractivity contribution in [3.63, 3.8) is 0 Å². The molecule has 0 bridgehead atoms. The summed E-state index contributed by atoms with van der Waals surface area (Å²) in [5.74, 6) is 1.75. The molecule has 2 aromatic carbocycles. The lowest BCUT2D eigenvalue weighted by molar-refractivity contribution is 0.355. The molecule has 9 nitrogen and oxygen atoms in total. The molecule has 34 heavy (non-hydrogen) atoms. The molecule has 0 atom stereocenters. The number of hydrogen-bond acceptors (Lipinski definition) is 7. The summed E-state index contributed by atoms with van der Waals surface area (Å²) in [6, 6.07) is 13.0. The van der Waals surface area contributed by atoms with Gasteiger partial charge in [0, 0.05) is 6.54 Å². The van der Waals surface area contributed by atoms with E-state index in [4.69, 9.17) is 24.4 Å². The minimum Gasteiger partial charge on any atom is -0.493 e. The highest BCUT2D eigenvalue weighted by Gasteiger charge is 2.21. The van der Waals surface area contributed by atoms with Gasteiger partial charge in [0.1, 0.15) is 16.7 Å². The maximum absolute atomic E-state index is 13.4. The van der Waals surface area contributed by atoms with Crippen molar-refractivity contribution < 1.29 is 9.47 Å². The Kier molecular flexibility index (Phi) is 5.29. The molecule has 170 valence electrons. The average Bonchev–Trinajstić information content (AvgIpc) is 3.15. The number of aryl methyl sites for hydroxylation is 1. The highest BCUT2D eigenvalue weighted by Crippen LogP contribution is 2.28. The van der Waals surface area contributed by atoms with E-state index in [2.05, 4.69) is 11.7 Å². The number of hydrogen-bond donors (Lipinski definition) is 0. The molecule has 0 aliphatic heterocycles. The van der Waals surface area contributed by atoms with Crippen LogP contribution in [0.15, 0.2) is 65.0 Å². The van der Waals surface area contributed by atoms with Gasteiger partial charge in [-0.2, -0.15) is 9.78 Å². The van der Waals surface area contributed by atoms with Gasteiger partial charge in [-0.15, -0.1) is 6.58 Å². The van der Waals surface area contributed by atoms with E-state index in [1.807, 2.05) is 36.4 Å². The van der Waals surface area contributed by atoms with Crippen molar-refractivity contribution >= 4 is 39.4 Å². The molecular formula is C25H22N6O3. The summed E-state index contributed by atoms with van der Waals surface area (Å²) in [7, 11) is 3.16. The zero-order valence-electron chi connectivity index (χ0n) is 19.0. The van der Waals surface area contributed by atoms with E-state index >= 15 is 0 Å². The number of aromatic nitrogens is 5. The number of fused-ring (bicyclic) bond motifs is 4. The SMILES string of the molecule is C=CCn1c(C)nc2c(c1=O)c1nc3ccccc3nc1n2N=Cc1ccc(OC)c(OC)c1. The molecule has 0 saturated carbocycles. The number of nitrogens with zero attached hydrogens (tertiary/aromatic N) is 6. The van der Waals surface area contributed by atoms with Crippen molar-refractivity contribution in [1.82, 2.24) is 24.2 Å². The summed E-state index contributed by atoms with van der Waals surface area (Å²) in [6.07, 6.45) is 3.32. The second kappa shape index (κ2) is 8.43. The van der Waals surface area contributed by atoms with Crippen molar-refractivity contribution in [3.05, 3.63) is 76.9 Å². The van der Waals surface area contributed by atoms with Crippen LogP contribution in [0.2, 0.25) is 0 Å². The summed E-state index contributed by atoms with van der Waals surface area (Å²) < 4.78 is 13.8. The van der Waals surface area contributed by atoms with Gasteiger partial charge in [0.2, 0.25) is 0 Å². The van der Waals surface area contributed by atoms with Gasteiger partial charge in [0.05, 0.1) is 31.5 Å². The molecule has 5 aromatic rings. The topological polar surface area (TPSA) is 96.4 Å². The third kappa shape index (κ3) is 3.38. The van der Waals surface area contributed by atoms with Crippen LogP contribution in [0, 0.1) is 6.92 Å². The second-order valence-corrected chi connectivity index (χ2v) is 7.62. The van der Waals surface area contributed by atoms with Gasteiger partial charge in [0.25, 0.3) is 5.56 Å². The van der Waals surface area contributed by atoms with Gasteiger partial charge in [-0.05, 0) is 42.8 Å². The van der Waals surface area contributed by atoms with Gasteiger partial charge < -0.3 is 9.47 Å². The Morgan fingerprint density at radius 2 is 1.74 bits per heavy atom.